The number of benzene rings is 1. The Morgan fingerprint density at radius 2 is 2.10 bits per heavy atom. The fourth-order valence-electron chi connectivity index (χ4n) is 2.94. The molecule has 3 heterocycles. The highest BCUT2D eigenvalue weighted by atomic mass is 32.1. The lowest BCUT2D eigenvalue weighted by atomic mass is 10.0. The molecule has 5 nitrogen and oxygen atoms in total. The Balaban J connectivity index is 1.70. The van der Waals surface area contributed by atoms with Crippen molar-refractivity contribution in [2.45, 2.75) is 13.0 Å². The molecule has 3 aromatic rings. The third-order valence-corrected chi connectivity index (χ3v) is 5.05. The Morgan fingerprint density at radius 1 is 1.24 bits per heavy atom. The van der Waals surface area contributed by atoms with Crippen molar-refractivity contribution < 1.29 is 4.92 Å². The van der Waals surface area contributed by atoms with Gasteiger partial charge in [-0.25, -0.2) is 0 Å². The van der Waals surface area contributed by atoms with Gasteiger partial charge in [0.15, 0.2) is 0 Å². The summed E-state index contributed by atoms with van der Waals surface area (Å²) in [7, 11) is 0. The molecule has 1 N–H and O–H groups in total. The summed E-state index contributed by atoms with van der Waals surface area (Å²) in [4.78, 5) is 16.2. The van der Waals surface area contributed by atoms with Crippen molar-refractivity contribution in [2.75, 3.05) is 11.4 Å². The topological polar surface area (TPSA) is 62.2 Å². The Labute approximate surface area is 125 Å². The highest BCUT2D eigenvalue weighted by molar-refractivity contribution is 7.19. The van der Waals surface area contributed by atoms with Crippen LogP contribution >= 0.6 is 11.3 Å². The van der Waals surface area contributed by atoms with Gasteiger partial charge < -0.3 is 9.88 Å². The van der Waals surface area contributed by atoms with E-state index in [0.717, 1.165) is 24.5 Å². The van der Waals surface area contributed by atoms with Crippen LogP contribution in [0.1, 0.15) is 11.3 Å². The SMILES string of the molecule is O=[N+]([O-])c1ccc(N2CCc3[nH]c4ccccc4c3C2)s1. The number of anilines is 1. The molecule has 0 aliphatic carbocycles. The first-order chi connectivity index (χ1) is 10.2. The molecular weight excluding hydrogens is 286 g/mol. The van der Waals surface area contributed by atoms with Gasteiger partial charge in [0.25, 0.3) is 0 Å². The average Bonchev–Trinajstić information content (AvgIpc) is 3.11. The Kier molecular flexibility index (Phi) is 2.71. The van der Waals surface area contributed by atoms with Gasteiger partial charge >= 0.3 is 5.00 Å². The molecular formula is C15H13N3O2S. The van der Waals surface area contributed by atoms with Gasteiger partial charge in [0.2, 0.25) is 0 Å². The predicted molar refractivity (Wildman–Crippen MR) is 84.0 cm³/mol. The molecule has 1 aliphatic rings. The van der Waals surface area contributed by atoms with Crippen LogP contribution in [0.15, 0.2) is 36.4 Å². The Morgan fingerprint density at radius 3 is 2.90 bits per heavy atom. The van der Waals surface area contributed by atoms with Crippen molar-refractivity contribution in [1.82, 2.24) is 4.98 Å². The van der Waals surface area contributed by atoms with Gasteiger partial charge in [-0.2, -0.15) is 0 Å². The predicted octanol–water partition coefficient (Wildman–Crippen LogP) is 3.70. The maximum atomic E-state index is 10.8. The molecule has 0 saturated heterocycles. The summed E-state index contributed by atoms with van der Waals surface area (Å²) in [5.41, 5.74) is 3.77. The molecule has 0 atom stereocenters. The fraction of sp³-hybridized carbons (Fsp3) is 0.200. The molecule has 4 rings (SSSR count). The van der Waals surface area contributed by atoms with E-state index >= 15 is 0 Å². The Bertz CT molecular complexity index is 836. The minimum atomic E-state index is -0.324. The van der Waals surface area contributed by atoms with Gasteiger partial charge in [0.1, 0.15) is 0 Å². The molecule has 0 saturated carbocycles. The quantitative estimate of drug-likeness (QED) is 0.579. The van der Waals surface area contributed by atoms with Crippen LogP contribution in [-0.2, 0) is 13.0 Å². The number of thiophene rings is 1. The van der Waals surface area contributed by atoms with Crippen LogP contribution in [-0.4, -0.2) is 16.5 Å². The van der Waals surface area contributed by atoms with Gasteiger partial charge in [0.05, 0.1) is 9.92 Å². The van der Waals surface area contributed by atoms with Crippen molar-refractivity contribution in [3.05, 3.63) is 57.8 Å². The van der Waals surface area contributed by atoms with Crippen LogP contribution in [0.25, 0.3) is 10.9 Å². The number of aromatic amines is 1. The number of rotatable bonds is 2. The standard InChI is InChI=1S/C15H13N3O2S/c19-18(20)15-6-5-14(21-15)17-8-7-13-11(9-17)10-3-1-2-4-12(10)16-13/h1-6,16H,7-9H2. The summed E-state index contributed by atoms with van der Waals surface area (Å²) in [5, 5.41) is 13.2. The van der Waals surface area contributed by atoms with Gasteiger partial charge in [0, 0.05) is 47.7 Å². The molecule has 0 spiro atoms. The van der Waals surface area contributed by atoms with Crippen LogP contribution in [0.4, 0.5) is 10.0 Å². The lowest BCUT2D eigenvalue weighted by molar-refractivity contribution is -0.380. The first kappa shape index (κ1) is 12.4. The summed E-state index contributed by atoms with van der Waals surface area (Å²) in [5.74, 6) is 0. The van der Waals surface area contributed by atoms with E-state index in [-0.39, 0.29) is 9.92 Å². The van der Waals surface area contributed by atoms with E-state index in [0.29, 0.717) is 0 Å². The lowest BCUT2D eigenvalue weighted by Crippen LogP contribution is -2.29. The largest absolute Gasteiger partial charge is 0.358 e. The number of nitrogens with zero attached hydrogens (tertiary/aromatic N) is 2. The third kappa shape index (κ3) is 1.99. The zero-order valence-electron chi connectivity index (χ0n) is 11.2. The molecule has 0 fully saturated rings. The second kappa shape index (κ2) is 4.60. The monoisotopic (exact) mass is 299 g/mol. The van der Waals surface area contributed by atoms with E-state index in [1.165, 1.54) is 33.5 Å². The number of hydrogen-bond donors (Lipinski definition) is 1. The lowest BCUT2D eigenvalue weighted by Gasteiger charge is -2.27. The highest BCUT2D eigenvalue weighted by Crippen LogP contribution is 2.36. The molecule has 6 heteroatoms. The number of fused-ring (bicyclic) bond motifs is 3. The second-order valence-corrected chi connectivity index (χ2v) is 6.21. The van der Waals surface area contributed by atoms with Crippen LogP contribution in [0.5, 0.6) is 0 Å². The Hall–Kier alpha value is -2.34. The van der Waals surface area contributed by atoms with Crippen molar-refractivity contribution in [2.24, 2.45) is 0 Å². The molecule has 106 valence electrons. The van der Waals surface area contributed by atoms with Gasteiger partial charge in [-0.3, -0.25) is 10.1 Å². The smallest absolute Gasteiger partial charge is 0.326 e. The second-order valence-electron chi connectivity index (χ2n) is 5.17. The first-order valence-corrected chi connectivity index (χ1v) is 7.61. The number of nitro groups is 1. The van der Waals surface area contributed by atoms with Crippen molar-refractivity contribution in [1.29, 1.82) is 0 Å². The summed E-state index contributed by atoms with van der Waals surface area (Å²) in [6.07, 6.45) is 0.940. The molecule has 0 amide bonds. The van der Waals surface area contributed by atoms with Crippen LogP contribution in [0.2, 0.25) is 0 Å². The maximum absolute atomic E-state index is 10.8. The van der Waals surface area contributed by atoms with E-state index < -0.39 is 0 Å². The number of aromatic nitrogens is 1. The number of H-pyrrole nitrogens is 1. The molecule has 21 heavy (non-hydrogen) atoms. The van der Waals surface area contributed by atoms with Crippen LogP contribution < -0.4 is 4.90 Å². The zero-order valence-corrected chi connectivity index (χ0v) is 12.0. The zero-order chi connectivity index (χ0) is 14.4. The number of para-hydroxylation sites is 1. The molecule has 1 aromatic carbocycles. The fourth-order valence-corrected chi connectivity index (χ4v) is 3.79. The summed E-state index contributed by atoms with van der Waals surface area (Å²) in [6.45, 7) is 1.69. The molecule has 2 aromatic heterocycles. The summed E-state index contributed by atoms with van der Waals surface area (Å²) in [6, 6.07) is 11.7. The average molecular weight is 299 g/mol. The first-order valence-electron chi connectivity index (χ1n) is 6.80. The van der Waals surface area contributed by atoms with Crippen LogP contribution in [0, 0.1) is 10.1 Å². The van der Waals surface area contributed by atoms with Crippen molar-refractivity contribution in [3.8, 4) is 0 Å². The summed E-state index contributed by atoms with van der Waals surface area (Å²) >= 11 is 1.25. The molecule has 0 unspecified atom stereocenters. The van der Waals surface area contributed by atoms with Crippen LogP contribution in [0.3, 0.4) is 0 Å². The van der Waals surface area contributed by atoms with E-state index in [2.05, 4.69) is 22.0 Å². The van der Waals surface area contributed by atoms with Gasteiger partial charge in [-0.1, -0.05) is 18.2 Å². The molecule has 1 aliphatic heterocycles. The minimum absolute atomic E-state index is 0.203. The van der Waals surface area contributed by atoms with E-state index in [1.54, 1.807) is 6.07 Å². The maximum Gasteiger partial charge on any atom is 0.326 e. The molecule has 0 radical (unpaired) electrons. The number of nitrogens with one attached hydrogen (secondary N) is 1. The van der Waals surface area contributed by atoms with Gasteiger partial charge in [-0.05, 0) is 23.5 Å². The van der Waals surface area contributed by atoms with E-state index in [1.807, 2.05) is 18.2 Å². The van der Waals surface area contributed by atoms with Crippen molar-refractivity contribution in [3.63, 3.8) is 0 Å². The highest BCUT2D eigenvalue weighted by Gasteiger charge is 2.23. The van der Waals surface area contributed by atoms with Gasteiger partial charge in [-0.15, -0.1) is 0 Å². The van der Waals surface area contributed by atoms with E-state index in [9.17, 15) is 10.1 Å². The van der Waals surface area contributed by atoms with E-state index in [4.69, 9.17) is 0 Å². The normalized spacial score (nSPS) is 14.4. The molecule has 0 bridgehead atoms. The van der Waals surface area contributed by atoms with Crippen molar-refractivity contribution >= 4 is 32.2 Å². The third-order valence-electron chi connectivity index (χ3n) is 3.95. The summed E-state index contributed by atoms with van der Waals surface area (Å²) < 4.78 is 0. The minimum Gasteiger partial charge on any atom is -0.358 e. The number of hydrogen-bond acceptors (Lipinski definition) is 4.